The van der Waals surface area contributed by atoms with E-state index in [1.807, 2.05) is 32.0 Å². The number of amides is 1. The van der Waals surface area contributed by atoms with Gasteiger partial charge < -0.3 is 5.32 Å². The van der Waals surface area contributed by atoms with E-state index in [4.69, 9.17) is 11.6 Å². The second-order valence-electron chi connectivity index (χ2n) is 5.55. The van der Waals surface area contributed by atoms with Gasteiger partial charge in [0, 0.05) is 11.6 Å². The molecule has 1 aromatic rings. The minimum absolute atomic E-state index is 0.0127. The lowest BCUT2D eigenvalue weighted by Gasteiger charge is -2.21. The van der Waals surface area contributed by atoms with Crippen LogP contribution in [0.15, 0.2) is 18.2 Å². The van der Waals surface area contributed by atoms with E-state index >= 15 is 0 Å². The van der Waals surface area contributed by atoms with Gasteiger partial charge in [-0.2, -0.15) is 0 Å². The molecular weight excluding hydrogens is 258 g/mol. The van der Waals surface area contributed by atoms with Gasteiger partial charge in [0.05, 0.1) is 5.38 Å². The maximum atomic E-state index is 12.4. The minimum atomic E-state index is 0.0127. The normalized spacial score (nSPS) is 23.7. The molecule has 0 heterocycles. The van der Waals surface area contributed by atoms with Crippen LogP contribution in [0.5, 0.6) is 0 Å². The molecule has 2 nitrogen and oxygen atoms in total. The lowest BCUT2D eigenvalue weighted by Crippen LogP contribution is -2.40. The molecule has 1 aliphatic carbocycles. The van der Waals surface area contributed by atoms with Gasteiger partial charge in [-0.15, -0.1) is 11.6 Å². The summed E-state index contributed by atoms with van der Waals surface area (Å²) in [6.45, 7) is 3.98. The number of alkyl halides is 1. The summed E-state index contributed by atoms with van der Waals surface area (Å²) in [5.41, 5.74) is 2.90. The standard InChI is InChI=1S/C16H22ClNO/c1-11-8-9-12(2)13(10-11)16(19)18-15-7-5-3-4-6-14(15)17/h8-10,14-15H,3-7H2,1-2H3,(H,18,19). The largest absolute Gasteiger partial charge is 0.348 e. The maximum Gasteiger partial charge on any atom is 0.251 e. The topological polar surface area (TPSA) is 29.1 Å². The molecule has 1 fully saturated rings. The summed E-state index contributed by atoms with van der Waals surface area (Å²) in [6, 6.07) is 6.08. The van der Waals surface area contributed by atoms with Crippen molar-refractivity contribution < 1.29 is 4.79 Å². The van der Waals surface area contributed by atoms with Gasteiger partial charge in [-0.05, 0) is 38.3 Å². The summed E-state index contributed by atoms with van der Waals surface area (Å²) in [6.07, 6.45) is 5.54. The molecule has 0 saturated heterocycles. The van der Waals surface area contributed by atoms with Crippen LogP contribution in [0, 0.1) is 13.8 Å². The monoisotopic (exact) mass is 279 g/mol. The van der Waals surface area contributed by atoms with Crippen molar-refractivity contribution in [3.05, 3.63) is 34.9 Å². The van der Waals surface area contributed by atoms with Crippen molar-refractivity contribution in [3.63, 3.8) is 0 Å². The number of aryl methyl sites for hydroxylation is 2. The Balaban J connectivity index is 2.09. The molecule has 0 bridgehead atoms. The molecular formula is C16H22ClNO. The predicted octanol–water partition coefficient (Wildman–Crippen LogP) is 3.97. The number of carbonyl (C=O) groups is 1. The van der Waals surface area contributed by atoms with Gasteiger partial charge in [0.1, 0.15) is 0 Å². The summed E-state index contributed by atoms with van der Waals surface area (Å²) in [5.74, 6) is 0.0127. The van der Waals surface area contributed by atoms with Crippen LogP contribution in [0.4, 0.5) is 0 Å². The van der Waals surface area contributed by atoms with Crippen LogP contribution in [-0.2, 0) is 0 Å². The Kier molecular flexibility index (Phi) is 4.87. The number of hydrogen-bond donors (Lipinski definition) is 1. The summed E-state index contributed by atoms with van der Waals surface area (Å²) in [5, 5.41) is 3.19. The quantitative estimate of drug-likeness (QED) is 0.644. The van der Waals surface area contributed by atoms with Gasteiger partial charge in [-0.1, -0.05) is 37.0 Å². The molecule has 0 aliphatic heterocycles. The SMILES string of the molecule is Cc1ccc(C)c(C(=O)NC2CCCCCC2Cl)c1. The molecule has 1 aliphatic rings. The molecule has 0 aromatic heterocycles. The van der Waals surface area contributed by atoms with Crippen LogP contribution in [0.25, 0.3) is 0 Å². The Morgan fingerprint density at radius 2 is 1.95 bits per heavy atom. The zero-order chi connectivity index (χ0) is 13.8. The Labute approximate surface area is 120 Å². The fourth-order valence-electron chi connectivity index (χ4n) is 2.65. The molecule has 2 atom stereocenters. The second kappa shape index (κ2) is 6.42. The van der Waals surface area contributed by atoms with Crippen LogP contribution < -0.4 is 5.32 Å². The van der Waals surface area contributed by atoms with Gasteiger partial charge in [-0.3, -0.25) is 4.79 Å². The minimum Gasteiger partial charge on any atom is -0.348 e. The summed E-state index contributed by atoms with van der Waals surface area (Å²) in [4.78, 5) is 12.4. The Hall–Kier alpha value is -1.02. The van der Waals surface area contributed by atoms with E-state index in [0.717, 1.165) is 36.0 Å². The van der Waals surface area contributed by atoms with Gasteiger partial charge in [0.25, 0.3) is 5.91 Å². The maximum absolute atomic E-state index is 12.4. The highest BCUT2D eigenvalue weighted by atomic mass is 35.5. The lowest BCUT2D eigenvalue weighted by molar-refractivity contribution is 0.0933. The number of halogens is 1. The molecule has 2 rings (SSSR count). The number of nitrogens with one attached hydrogen (secondary N) is 1. The number of hydrogen-bond acceptors (Lipinski definition) is 1. The molecule has 104 valence electrons. The van der Waals surface area contributed by atoms with Gasteiger partial charge in [0.2, 0.25) is 0 Å². The first kappa shape index (κ1) is 14.4. The van der Waals surface area contributed by atoms with Gasteiger partial charge in [0.15, 0.2) is 0 Å². The van der Waals surface area contributed by atoms with Crippen molar-refractivity contribution in [2.24, 2.45) is 0 Å². The van der Waals surface area contributed by atoms with E-state index in [1.54, 1.807) is 0 Å². The molecule has 19 heavy (non-hydrogen) atoms. The Morgan fingerprint density at radius 1 is 1.21 bits per heavy atom. The fraction of sp³-hybridized carbons (Fsp3) is 0.562. The first-order chi connectivity index (χ1) is 9.08. The highest BCUT2D eigenvalue weighted by Gasteiger charge is 2.24. The number of carbonyl (C=O) groups excluding carboxylic acids is 1. The zero-order valence-electron chi connectivity index (χ0n) is 11.7. The van der Waals surface area contributed by atoms with Gasteiger partial charge >= 0.3 is 0 Å². The predicted molar refractivity (Wildman–Crippen MR) is 79.9 cm³/mol. The van der Waals surface area contributed by atoms with Crippen LogP contribution in [-0.4, -0.2) is 17.3 Å². The van der Waals surface area contributed by atoms with Crippen molar-refractivity contribution in [1.29, 1.82) is 0 Å². The van der Waals surface area contributed by atoms with E-state index in [-0.39, 0.29) is 17.3 Å². The van der Waals surface area contributed by atoms with Crippen molar-refractivity contribution in [2.45, 2.75) is 57.4 Å². The van der Waals surface area contributed by atoms with Crippen LogP contribution in [0.1, 0.15) is 53.6 Å². The summed E-state index contributed by atoms with van der Waals surface area (Å²) in [7, 11) is 0. The summed E-state index contributed by atoms with van der Waals surface area (Å²) >= 11 is 6.37. The van der Waals surface area contributed by atoms with Crippen molar-refractivity contribution in [2.75, 3.05) is 0 Å². The first-order valence-corrected chi connectivity index (χ1v) is 7.54. The third-order valence-electron chi connectivity index (χ3n) is 3.89. The van der Waals surface area contributed by atoms with E-state index in [9.17, 15) is 4.79 Å². The Morgan fingerprint density at radius 3 is 2.74 bits per heavy atom. The fourth-order valence-corrected chi connectivity index (χ4v) is 2.99. The second-order valence-corrected chi connectivity index (χ2v) is 6.11. The number of rotatable bonds is 2. The first-order valence-electron chi connectivity index (χ1n) is 7.10. The zero-order valence-corrected chi connectivity index (χ0v) is 12.5. The van der Waals surface area contributed by atoms with Crippen molar-refractivity contribution in [1.82, 2.24) is 5.32 Å². The lowest BCUT2D eigenvalue weighted by atomic mass is 10.0. The van der Waals surface area contributed by atoms with E-state index in [2.05, 4.69) is 5.32 Å². The Bertz CT molecular complexity index is 458. The molecule has 1 aromatic carbocycles. The highest BCUT2D eigenvalue weighted by Crippen LogP contribution is 2.23. The highest BCUT2D eigenvalue weighted by molar-refractivity contribution is 6.21. The molecule has 3 heteroatoms. The third kappa shape index (κ3) is 3.73. The van der Waals surface area contributed by atoms with E-state index in [1.165, 1.54) is 12.8 Å². The average Bonchev–Trinajstić information content (AvgIpc) is 2.58. The third-order valence-corrected chi connectivity index (χ3v) is 4.41. The molecule has 2 unspecified atom stereocenters. The van der Waals surface area contributed by atoms with Crippen LogP contribution in [0.2, 0.25) is 0 Å². The molecule has 1 saturated carbocycles. The molecule has 1 amide bonds. The van der Waals surface area contributed by atoms with Crippen molar-refractivity contribution >= 4 is 17.5 Å². The molecule has 0 spiro atoms. The van der Waals surface area contributed by atoms with Crippen LogP contribution >= 0.6 is 11.6 Å². The smallest absolute Gasteiger partial charge is 0.251 e. The molecule has 0 radical (unpaired) electrons. The average molecular weight is 280 g/mol. The van der Waals surface area contributed by atoms with Gasteiger partial charge in [-0.25, -0.2) is 0 Å². The van der Waals surface area contributed by atoms with Crippen LogP contribution in [0.3, 0.4) is 0 Å². The summed E-state index contributed by atoms with van der Waals surface area (Å²) < 4.78 is 0. The van der Waals surface area contributed by atoms with E-state index in [0.29, 0.717) is 0 Å². The van der Waals surface area contributed by atoms with E-state index < -0.39 is 0 Å². The van der Waals surface area contributed by atoms with Crippen molar-refractivity contribution in [3.8, 4) is 0 Å². The molecule has 1 N–H and O–H groups in total. The number of benzene rings is 1.